The summed E-state index contributed by atoms with van der Waals surface area (Å²) in [6.07, 6.45) is 4.20. The molecular formula is C13H27N. The van der Waals surface area contributed by atoms with Gasteiger partial charge >= 0.3 is 0 Å². The highest BCUT2D eigenvalue weighted by atomic mass is 14.9. The van der Waals surface area contributed by atoms with E-state index >= 15 is 0 Å². The van der Waals surface area contributed by atoms with Crippen LogP contribution < -0.4 is 5.32 Å². The second-order valence-corrected chi connectivity index (χ2v) is 5.49. The first-order chi connectivity index (χ1) is 6.52. The summed E-state index contributed by atoms with van der Waals surface area (Å²) in [5.41, 5.74) is 0. The van der Waals surface area contributed by atoms with Gasteiger partial charge in [-0.05, 0) is 38.0 Å². The molecule has 1 heterocycles. The summed E-state index contributed by atoms with van der Waals surface area (Å²) >= 11 is 0. The van der Waals surface area contributed by atoms with Gasteiger partial charge in [-0.3, -0.25) is 0 Å². The van der Waals surface area contributed by atoms with Gasteiger partial charge in [0, 0.05) is 12.1 Å². The van der Waals surface area contributed by atoms with Crippen molar-refractivity contribution in [2.24, 2.45) is 17.8 Å². The van der Waals surface area contributed by atoms with Crippen LogP contribution in [0.25, 0.3) is 0 Å². The summed E-state index contributed by atoms with van der Waals surface area (Å²) in [6, 6.07) is 1.35. The quantitative estimate of drug-likeness (QED) is 0.627. The zero-order valence-electron chi connectivity index (χ0n) is 10.5. The number of rotatable bonds is 0. The molecular weight excluding hydrogens is 170 g/mol. The van der Waals surface area contributed by atoms with E-state index in [0.717, 1.165) is 17.8 Å². The molecule has 1 nitrogen and oxygen atoms in total. The Morgan fingerprint density at radius 1 is 0.786 bits per heavy atom. The van der Waals surface area contributed by atoms with Crippen molar-refractivity contribution >= 4 is 0 Å². The summed E-state index contributed by atoms with van der Waals surface area (Å²) in [5, 5.41) is 3.75. The summed E-state index contributed by atoms with van der Waals surface area (Å²) in [7, 11) is 0. The van der Waals surface area contributed by atoms with Crippen molar-refractivity contribution in [3.8, 4) is 0 Å². The van der Waals surface area contributed by atoms with E-state index in [4.69, 9.17) is 0 Å². The molecule has 84 valence electrons. The highest BCUT2D eigenvalue weighted by Gasteiger charge is 2.24. The molecule has 0 aromatic rings. The van der Waals surface area contributed by atoms with Crippen LogP contribution in [0.1, 0.15) is 53.9 Å². The Morgan fingerprint density at radius 2 is 1.36 bits per heavy atom. The van der Waals surface area contributed by atoms with E-state index < -0.39 is 0 Å². The van der Waals surface area contributed by atoms with Crippen molar-refractivity contribution in [3.05, 3.63) is 0 Å². The van der Waals surface area contributed by atoms with Gasteiger partial charge in [-0.15, -0.1) is 0 Å². The van der Waals surface area contributed by atoms with Crippen LogP contribution in [-0.2, 0) is 0 Å². The largest absolute Gasteiger partial charge is 0.311 e. The lowest BCUT2D eigenvalue weighted by atomic mass is 9.86. The Kier molecular flexibility index (Phi) is 4.43. The number of hydrogen-bond donors (Lipinski definition) is 1. The minimum atomic E-state index is 0.667. The van der Waals surface area contributed by atoms with E-state index in [-0.39, 0.29) is 0 Å². The molecule has 0 bridgehead atoms. The average molecular weight is 197 g/mol. The molecule has 0 spiro atoms. The molecule has 0 aromatic heterocycles. The van der Waals surface area contributed by atoms with Crippen molar-refractivity contribution in [3.63, 3.8) is 0 Å². The summed E-state index contributed by atoms with van der Waals surface area (Å²) in [4.78, 5) is 0. The molecule has 2 unspecified atom stereocenters. The van der Waals surface area contributed by atoms with E-state index in [2.05, 4.69) is 39.9 Å². The third kappa shape index (κ3) is 2.98. The van der Waals surface area contributed by atoms with Crippen LogP contribution in [0.5, 0.6) is 0 Å². The normalized spacial score (nSPS) is 46.5. The van der Waals surface area contributed by atoms with Crippen LogP contribution >= 0.6 is 0 Å². The van der Waals surface area contributed by atoms with Gasteiger partial charge in [0.2, 0.25) is 0 Å². The summed E-state index contributed by atoms with van der Waals surface area (Å²) in [6.45, 7) is 11.9. The second kappa shape index (κ2) is 5.16. The Hall–Kier alpha value is -0.0400. The zero-order valence-corrected chi connectivity index (χ0v) is 10.5. The third-order valence-corrected chi connectivity index (χ3v) is 4.38. The van der Waals surface area contributed by atoms with Crippen LogP contribution in [0, 0.1) is 17.8 Å². The van der Waals surface area contributed by atoms with Gasteiger partial charge in [-0.2, -0.15) is 0 Å². The first-order valence-electron chi connectivity index (χ1n) is 6.28. The lowest BCUT2D eigenvalue weighted by molar-refractivity contribution is 0.270. The van der Waals surface area contributed by atoms with Crippen LogP contribution in [-0.4, -0.2) is 12.1 Å². The Morgan fingerprint density at radius 3 is 2.00 bits per heavy atom. The predicted molar refractivity (Wildman–Crippen MR) is 63.4 cm³/mol. The second-order valence-electron chi connectivity index (χ2n) is 5.49. The molecule has 1 aliphatic rings. The molecule has 1 N–H and O–H groups in total. The maximum absolute atomic E-state index is 3.75. The minimum absolute atomic E-state index is 0.667. The van der Waals surface area contributed by atoms with Crippen molar-refractivity contribution in [2.45, 2.75) is 66.0 Å². The van der Waals surface area contributed by atoms with Gasteiger partial charge in [-0.25, -0.2) is 0 Å². The molecule has 0 amide bonds. The topological polar surface area (TPSA) is 12.0 Å². The Bertz CT molecular complexity index is 167. The van der Waals surface area contributed by atoms with Crippen LogP contribution in [0.15, 0.2) is 0 Å². The van der Waals surface area contributed by atoms with E-state index in [1.165, 1.54) is 19.3 Å². The lowest BCUT2D eigenvalue weighted by Gasteiger charge is -2.29. The maximum Gasteiger partial charge on any atom is 0.00694 e. The number of hydrogen-bond acceptors (Lipinski definition) is 1. The van der Waals surface area contributed by atoms with Gasteiger partial charge in [0.25, 0.3) is 0 Å². The highest BCUT2D eigenvalue weighted by molar-refractivity contribution is 4.80. The molecule has 14 heavy (non-hydrogen) atoms. The molecule has 1 rings (SSSR count). The van der Waals surface area contributed by atoms with Gasteiger partial charge in [0.1, 0.15) is 0 Å². The zero-order chi connectivity index (χ0) is 10.7. The summed E-state index contributed by atoms with van der Waals surface area (Å²) in [5.74, 6) is 2.51. The molecule has 0 aliphatic carbocycles. The molecule has 0 aromatic carbocycles. The summed E-state index contributed by atoms with van der Waals surface area (Å²) < 4.78 is 0. The van der Waals surface area contributed by atoms with E-state index in [1.807, 2.05) is 0 Å². The molecule has 1 heteroatoms. The van der Waals surface area contributed by atoms with Crippen LogP contribution in [0.3, 0.4) is 0 Å². The Balaban J connectivity index is 2.61. The van der Waals surface area contributed by atoms with Crippen LogP contribution in [0.4, 0.5) is 0 Å². The van der Waals surface area contributed by atoms with E-state index in [9.17, 15) is 0 Å². The fraction of sp³-hybridized carbons (Fsp3) is 1.00. The predicted octanol–water partition coefficient (Wildman–Crippen LogP) is 3.45. The van der Waals surface area contributed by atoms with Gasteiger partial charge in [0.15, 0.2) is 0 Å². The van der Waals surface area contributed by atoms with Crippen LogP contribution in [0.2, 0.25) is 0 Å². The fourth-order valence-corrected chi connectivity index (χ4v) is 2.50. The van der Waals surface area contributed by atoms with Crippen molar-refractivity contribution in [1.29, 1.82) is 0 Å². The lowest BCUT2D eigenvalue weighted by Crippen LogP contribution is -2.42. The molecule has 0 radical (unpaired) electrons. The van der Waals surface area contributed by atoms with Crippen molar-refractivity contribution in [1.82, 2.24) is 5.32 Å². The number of nitrogens with one attached hydrogen (secondary N) is 1. The van der Waals surface area contributed by atoms with Gasteiger partial charge in [-0.1, -0.05) is 33.6 Å². The first-order valence-corrected chi connectivity index (χ1v) is 6.28. The SMILES string of the molecule is CC1CCCC(C)[C@H](C)[C@H](C)N[C@@H]1C. The van der Waals surface area contributed by atoms with E-state index in [1.54, 1.807) is 0 Å². The van der Waals surface area contributed by atoms with Crippen molar-refractivity contribution < 1.29 is 0 Å². The van der Waals surface area contributed by atoms with Crippen molar-refractivity contribution in [2.75, 3.05) is 0 Å². The maximum atomic E-state index is 3.75. The van der Waals surface area contributed by atoms with Gasteiger partial charge < -0.3 is 5.32 Å². The average Bonchev–Trinajstić information content (AvgIpc) is 2.17. The van der Waals surface area contributed by atoms with Gasteiger partial charge in [0.05, 0.1) is 0 Å². The molecule has 0 saturated carbocycles. The fourth-order valence-electron chi connectivity index (χ4n) is 2.50. The standard InChI is InChI=1S/C13H27N/c1-9-7-6-8-10(2)12(4)14-13(5)11(9)3/h9-14H,6-8H2,1-5H3/t9?,10?,11-,12+,13-/m0/s1. The monoisotopic (exact) mass is 197 g/mol. The molecule has 1 fully saturated rings. The highest BCUT2D eigenvalue weighted by Crippen LogP contribution is 2.26. The van der Waals surface area contributed by atoms with E-state index in [0.29, 0.717) is 12.1 Å². The Labute approximate surface area is 89.7 Å². The smallest absolute Gasteiger partial charge is 0.00694 e. The first kappa shape index (κ1) is 12.0. The molecule has 1 aliphatic heterocycles. The molecule has 5 atom stereocenters. The molecule has 1 saturated heterocycles. The third-order valence-electron chi connectivity index (χ3n) is 4.38. The minimum Gasteiger partial charge on any atom is -0.311 e.